The third-order valence-corrected chi connectivity index (χ3v) is 2.86. The third-order valence-electron chi connectivity index (χ3n) is 1.99. The first kappa shape index (κ1) is 11.7. The van der Waals surface area contributed by atoms with E-state index >= 15 is 0 Å². The molecule has 14 heavy (non-hydrogen) atoms. The van der Waals surface area contributed by atoms with Crippen LogP contribution in [0.4, 0.5) is 0 Å². The molecule has 0 saturated carbocycles. The second-order valence-electron chi connectivity index (χ2n) is 4.46. The van der Waals surface area contributed by atoms with Crippen molar-refractivity contribution < 1.29 is 4.74 Å². The van der Waals surface area contributed by atoms with Crippen molar-refractivity contribution in [2.45, 2.75) is 39.3 Å². The highest BCUT2D eigenvalue weighted by molar-refractivity contribution is 7.10. The van der Waals surface area contributed by atoms with E-state index in [1.807, 2.05) is 20.8 Å². The maximum Gasteiger partial charge on any atom is 0.0666 e. The lowest BCUT2D eigenvalue weighted by atomic mass is 10.1. The SMILES string of the molecule is Cc1sccc1C(N)COC(C)(C)C. The maximum atomic E-state index is 6.03. The number of hydrogen-bond donors (Lipinski definition) is 1. The van der Waals surface area contributed by atoms with E-state index in [1.165, 1.54) is 10.4 Å². The first-order valence-electron chi connectivity index (χ1n) is 4.83. The molecule has 1 rings (SSSR count). The van der Waals surface area contributed by atoms with Crippen LogP contribution in [0.3, 0.4) is 0 Å². The quantitative estimate of drug-likeness (QED) is 0.838. The van der Waals surface area contributed by atoms with Crippen LogP contribution >= 0.6 is 11.3 Å². The molecule has 0 saturated heterocycles. The highest BCUT2D eigenvalue weighted by Gasteiger charge is 2.15. The molecule has 0 aliphatic heterocycles. The largest absolute Gasteiger partial charge is 0.374 e. The van der Waals surface area contributed by atoms with Gasteiger partial charge < -0.3 is 10.5 Å². The highest BCUT2D eigenvalue weighted by atomic mass is 32.1. The number of ether oxygens (including phenoxy) is 1. The predicted molar refractivity (Wildman–Crippen MR) is 61.7 cm³/mol. The molecule has 0 aliphatic carbocycles. The van der Waals surface area contributed by atoms with Crippen molar-refractivity contribution in [3.63, 3.8) is 0 Å². The summed E-state index contributed by atoms with van der Waals surface area (Å²) >= 11 is 1.73. The lowest BCUT2D eigenvalue weighted by Crippen LogP contribution is -2.26. The Morgan fingerprint density at radius 2 is 2.14 bits per heavy atom. The minimum absolute atomic E-state index is 0.000440. The molecular formula is C11H19NOS. The van der Waals surface area contributed by atoms with Crippen LogP contribution in [0.2, 0.25) is 0 Å². The number of nitrogens with two attached hydrogens (primary N) is 1. The molecule has 1 aromatic rings. The van der Waals surface area contributed by atoms with Gasteiger partial charge in [-0.25, -0.2) is 0 Å². The number of hydrogen-bond acceptors (Lipinski definition) is 3. The fourth-order valence-corrected chi connectivity index (χ4v) is 1.98. The van der Waals surface area contributed by atoms with Gasteiger partial charge in [0, 0.05) is 4.88 Å². The zero-order chi connectivity index (χ0) is 10.8. The molecule has 1 heterocycles. The van der Waals surface area contributed by atoms with E-state index in [1.54, 1.807) is 11.3 Å². The van der Waals surface area contributed by atoms with E-state index in [9.17, 15) is 0 Å². The molecule has 0 fully saturated rings. The van der Waals surface area contributed by atoms with E-state index < -0.39 is 0 Å². The molecule has 1 unspecified atom stereocenters. The van der Waals surface area contributed by atoms with E-state index in [4.69, 9.17) is 10.5 Å². The summed E-state index contributed by atoms with van der Waals surface area (Å²) in [6.45, 7) is 8.80. The van der Waals surface area contributed by atoms with Crippen LogP contribution in [0, 0.1) is 6.92 Å². The van der Waals surface area contributed by atoms with Gasteiger partial charge in [-0.1, -0.05) is 0 Å². The van der Waals surface area contributed by atoms with Gasteiger partial charge in [-0.3, -0.25) is 0 Å². The Morgan fingerprint density at radius 3 is 2.57 bits per heavy atom. The summed E-state index contributed by atoms with van der Waals surface area (Å²) in [5, 5.41) is 2.07. The first-order chi connectivity index (χ1) is 6.40. The summed E-state index contributed by atoms with van der Waals surface area (Å²) in [5.41, 5.74) is 7.13. The Morgan fingerprint density at radius 1 is 1.50 bits per heavy atom. The Hall–Kier alpha value is -0.380. The van der Waals surface area contributed by atoms with Crippen LogP contribution in [-0.4, -0.2) is 12.2 Å². The summed E-state index contributed by atoms with van der Waals surface area (Å²) in [6, 6.07) is 2.08. The Labute approximate surface area is 90.1 Å². The molecule has 80 valence electrons. The summed E-state index contributed by atoms with van der Waals surface area (Å²) in [7, 11) is 0. The summed E-state index contributed by atoms with van der Waals surface area (Å²) in [6.07, 6.45) is 0. The van der Waals surface area contributed by atoms with Gasteiger partial charge in [0.25, 0.3) is 0 Å². The standard InChI is InChI=1S/C11H19NOS/c1-8-9(5-6-14-8)10(12)7-13-11(2,3)4/h5-6,10H,7,12H2,1-4H3. The normalized spacial score (nSPS) is 14.4. The van der Waals surface area contributed by atoms with Crippen LogP contribution in [0.15, 0.2) is 11.4 Å². The van der Waals surface area contributed by atoms with Crippen LogP contribution in [-0.2, 0) is 4.74 Å². The second kappa shape index (κ2) is 4.43. The monoisotopic (exact) mass is 213 g/mol. The summed E-state index contributed by atoms with van der Waals surface area (Å²) in [5.74, 6) is 0. The van der Waals surface area contributed by atoms with Gasteiger partial charge in [0.2, 0.25) is 0 Å². The molecule has 1 atom stereocenters. The molecule has 0 radical (unpaired) electrons. The molecule has 0 spiro atoms. The minimum Gasteiger partial charge on any atom is -0.374 e. The fourth-order valence-electron chi connectivity index (χ4n) is 1.21. The van der Waals surface area contributed by atoms with Gasteiger partial charge >= 0.3 is 0 Å². The molecule has 0 aromatic carbocycles. The fraction of sp³-hybridized carbons (Fsp3) is 0.636. The first-order valence-corrected chi connectivity index (χ1v) is 5.71. The minimum atomic E-state index is -0.110. The van der Waals surface area contributed by atoms with Crippen molar-refractivity contribution in [2.75, 3.05) is 6.61 Å². The van der Waals surface area contributed by atoms with Gasteiger partial charge in [0.15, 0.2) is 0 Å². The van der Waals surface area contributed by atoms with Crippen molar-refractivity contribution in [3.05, 3.63) is 21.9 Å². The summed E-state index contributed by atoms with van der Waals surface area (Å²) < 4.78 is 5.65. The van der Waals surface area contributed by atoms with E-state index in [0.717, 1.165) is 0 Å². The van der Waals surface area contributed by atoms with Gasteiger partial charge in [-0.15, -0.1) is 11.3 Å². The highest BCUT2D eigenvalue weighted by Crippen LogP contribution is 2.22. The van der Waals surface area contributed by atoms with Crippen LogP contribution in [0.5, 0.6) is 0 Å². The lowest BCUT2D eigenvalue weighted by molar-refractivity contribution is -0.0102. The molecular weight excluding hydrogens is 194 g/mol. The van der Waals surface area contributed by atoms with Gasteiger partial charge in [0.05, 0.1) is 18.2 Å². The van der Waals surface area contributed by atoms with Crippen molar-refractivity contribution in [3.8, 4) is 0 Å². The maximum absolute atomic E-state index is 6.03. The molecule has 0 amide bonds. The topological polar surface area (TPSA) is 35.2 Å². The summed E-state index contributed by atoms with van der Waals surface area (Å²) in [4.78, 5) is 1.29. The molecule has 3 heteroatoms. The molecule has 0 bridgehead atoms. The molecule has 2 nitrogen and oxygen atoms in total. The smallest absolute Gasteiger partial charge is 0.0666 e. The van der Waals surface area contributed by atoms with Crippen LogP contribution < -0.4 is 5.73 Å². The van der Waals surface area contributed by atoms with Gasteiger partial charge in [-0.2, -0.15) is 0 Å². The third kappa shape index (κ3) is 3.40. The average molecular weight is 213 g/mol. The molecule has 0 aliphatic rings. The Kier molecular flexibility index (Phi) is 3.70. The molecule has 1 aromatic heterocycles. The predicted octanol–water partition coefficient (Wildman–Crippen LogP) is 2.87. The second-order valence-corrected chi connectivity index (χ2v) is 5.58. The number of thiophene rings is 1. The van der Waals surface area contributed by atoms with Crippen molar-refractivity contribution in [1.82, 2.24) is 0 Å². The number of rotatable bonds is 3. The van der Waals surface area contributed by atoms with E-state index in [0.29, 0.717) is 6.61 Å². The van der Waals surface area contributed by atoms with E-state index in [-0.39, 0.29) is 11.6 Å². The lowest BCUT2D eigenvalue weighted by Gasteiger charge is -2.22. The number of aryl methyl sites for hydroxylation is 1. The van der Waals surface area contributed by atoms with Crippen molar-refractivity contribution in [2.24, 2.45) is 5.73 Å². The molecule has 2 N–H and O–H groups in total. The van der Waals surface area contributed by atoms with E-state index in [2.05, 4.69) is 18.4 Å². The zero-order valence-electron chi connectivity index (χ0n) is 9.33. The zero-order valence-corrected chi connectivity index (χ0v) is 10.1. The van der Waals surface area contributed by atoms with Crippen molar-refractivity contribution in [1.29, 1.82) is 0 Å². The Balaban J connectivity index is 2.51. The van der Waals surface area contributed by atoms with Gasteiger partial charge in [0.1, 0.15) is 0 Å². The van der Waals surface area contributed by atoms with Crippen LogP contribution in [0.1, 0.15) is 37.3 Å². The van der Waals surface area contributed by atoms with Crippen molar-refractivity contribution >= 4 is 11.3 Å². The van der Waals surface area contributed by atoms with Gasteiger partial charge in [-0.05, 0) is 44.7 Å². The van der Waals surface area contributed by atoms with Crippen LogP contribution in [0.25, 0.3) is 0 Å². The Bertz CT molecular complexity index is 288. The average Bonchev–Trinajstić information content (AvgIpc) is 2.46.